The summed E-state index contributed by atoms with van der Waals surface area (Å²) in [6.45, 7) is 0. The molecule has 152 valence electrons. The lowest BCUT2D eigenvalue weighted by molar-refractivity contribution is -0.122. The minimum atomic E-state index is -0.706. The second-order valence-corrected chi connectivity index (χ2v) is 9.15. The molecule has 1 fully saturated rings. The number of ether oxygens (including phenoxy) is 1. The molecule has 3 aromatic rings. The van der Waals surface area contributed by atoms with Gasteiger partial charge in [0.1, 0.15) is 16.8 Å². The van der Waals surface area contributed by atoms with Crippen molar-refractivity contribution in [2.75, 3.05) is 12.0 Å². The van der Waals surface area contributed by atoms with Gasteiger partial charge in [-0.25, -0.2) is 9.29 Å². The predicted molar refractivity (Wildman–Crippen MR) is 112 cm³/mol. The van der Waals surface area contributed by atoms with Gasteiger partial charge in [0.25, 0.3) is 0 Å². The van der Waals surface area contributed by atoms with E-state index >= 15 is 0 Å². The number of rotatable bonds is 3. The molecule has 0 radical (unpaired) electrons. The minimum absolute atomic E-state index is 0.234. The van der Waals surface area contributed by atoms with Crippen molar-refractivity contribution in [1.29, 1.82) is 0 Å². The third kappa shape index (κ3) is 2.80. The number of aromatic nitrogens is 1. The van der Waals surface area contributed by atoms with Gasteiger partial charge in [0.15, 0.2) is 0 Å². The van der Waals surface area contributed by atoms with Gasteiger partial charge in [-0.05, 0) is 30.3 Å². The molecule has 1 N–H and O–H groups in total. The Morgan fingerprint density at radius 2 is 1.77 bits per heavy atom. The Labute approximate surface area is 178 Å². The van der Waals surface area contributed by atoms with Crippen molar-refractivity contribution in [3.8, 4) is 5.75 Å². The fourth-order valence-electron chi connectivity index (χ4n) is 4.12. The zero-order valence-corrected chi connectivity index (χ0v) is 17.3. The summed E-state index contributed by atoms with van der Waals surface area (Å²) in [6.07, 6.45) is 0. The number of thiazole rings is 1. The van der Waals surface area contributed by atoms with E-state index in [9.17, 15) is 18.8 Å². The van der Waals surface area contributed by atoms with Gasteiger partial charge >= 0.3 is 4.87 Å². The third-order valence-corrected chi connectivity index (χ3v) is 7.78. The second-order valence-electron chi connectivity index (χ2n) is 6.98. The molecule has 0 aliphatic carbocycles. The van der Waals surface area contributed by atoms with Crippen LogP contribution in [0.1, 0.15) is 16.4 Å². The van der Waals surface area contributed by atoms with Crippen LogP contribution in [0.4, 0.5) is 10.1 Å². The molecule has 1 saturated heterocycles. The Balaban J connectivity index is 1.67. The molecule has 0 bridgehead atoms. The number of carbonyl (C=O) groups excluding carboxylic acids is 2. The van der Waals surface area contributed by atoms with E-state index in [1.54, 1.807) is 13.2 Å². The van der Waals surface area contributed by atoms with Crippen LogP contribution in [0.15, 0.2) is 58.4 Å². The zero-order chi connectivity index (χ0) is 21.0. The van der Waals surface area contributed by atoms with Crippen LogP contribution in [0.3, 0.4) is 0 Å². The Bertz CT molecular complexity index is 1220. The van der Waals surface area contributed by atoms with Crippen molar-refractivity contribution in [3.63, 3.8) is 0 Å². The lowest BCUT2D eigenvalue weighted by Gasteiger charge is -2.30. The van der Waals surface area contributed by atoms with Gasteiger partial charge in [-0.3, -0.25) is 14.4 Å². The summed E-state index contributed by atoms with van der Waals surface area (Å²) in [6, 6.07) is 12.6. The molecule has 30 heavy (non-hydrogen) atoms. The van der Waals surface area contributed by atoms with Crippen molar-refractivity contribution in [2.24, 2.45) is 5.92 Å². The lowest BCUT2D eigenvalue weighted by Crippen LogP contribution is -2.32. The molecule has 2 aromatic carbocycles. The van der Waals surface area contributed by atoms with Crippen molar-refractivity contribution in [2.45, 2.75) is 16.2 Å². The molecule has 2 aliphatic rings. The van der Waals surface area contributed by atoms with Crippen molar-refractivity contribution < 1.29 is 18.7 Å². The average molecular weight is 442 g/mol. The fraction of sp³-hybridized carbons (Fsp3) is 0.190. The van der Waals surface area contributed by atoms with E-state index in [-0.39, 0.29) is 16.7 Å². The van der Waals surface area contributed by atoms with E-state index < -0.39 is 22.9 Å². The molecule has 0 unspecified atom stereocenters. The normalized spacial score (nSPS) is 22.7. The van der Waals surface area contributed by atoms with Crippen molar-refractivity contribution in [1.82, 2.24) is 4.98 Å². The Morgan fingerprint density at radius 3 is 2.50 bits per heavy atom. The largest absolute Gasteiger partial charge is 0.496 e. The highest BCUT2D eigenvalue weighted by atomic mass is 32.2. The van der Waals surface area contributed by atoms with Crippen LogP contribution in [0, 0.1) is 11.7 Å². The highest BCUT2D eigenvalue weighted by Gasteiger charge is 2.56. The molecule has 5 rings (SSSR count). The van der Waals surface area contributed by atoms with Gasteiger partial charge < -0.3 is 9.72 Å². The van der Waals surface area contributed by atoms with E-state index in [1.807, 2.05) is 18.2 Å². The molecule has 0 spiro atoms. The quantitative estimate of drug-likeness (QED) is 0.629. The maximum Gasteiger partial charge on any atom is 0.305 e. The van der Waals surface area contributed by atoms with Crippen LogP contribution in [0.5, 0.6) is 5.75 Å². The molecule has 6 nitrogen and oxygen atoms in total. The average Bonchev–Trinajstić information content (AvgIpc) is 3.24. The molecule has 3 atom stereocenters. The molecule has 1 aromatic heterocycles. The van der Waals surface area contributed by atoms with E-state index in [1.165, 1.54) is 36.0 Å². The first kappa shape index (κ1) is 19.1. The number of nitrogens with zero attached hydrogens (tertiary/aromatic N) is 1. The standard InChI is InChI=1S/C21H15FN2O4S2/c1-28-13-5-3-2-4-12(13)14-15-17(29-18-16(14)30-21(27)23-18)20(26)24(19(15)25)11-8-6-10(22)7-9-11/h2-9,14-15,17H,1H3,(H,23,27)/t14-,15-,17+/m0/s1. The van der Waals surface area contributed by atoms with Gasteiger partial charge in [0.05, 0.1) is 23.7 Å². The van der Waals surface area contributed by atoms with Crippen molar-refractivity contribution in [3.05, 3.63) is 74.5 Å². The van der Waals surface area contributed by atoms with Gasteiger partial charge in [-0.2, -0.15) is 0 Å². The molecule has 9 heteroatoms. The summed E-state index contributed by atoms with van der Waals surface area (Å²) in [5.74, 6) is -1.82. The Morgan fingerprint density at radius 1 is 1.03 bits per heavy atom. The monoisotopic (exact) mass is 442 g/mol. The van der Waals surface area contributed by atoms with Crippen LogP contribution in [0.25, 0.3) is 0 Å². The number of H-pyrrole nitrogens is 1. The number of para-hydroxylation sites is 1. The van der Waals surface area contributed by atoms with Crippen LogP contribution < -0.4 is 14.5 Å². The van der Waals surface area contributed by atoms with E-state index in [2.05, 4.69) is 4.98 Å². The number of thioether (sulfide) groups is 1. The minimum Gasteiger partial charge on any atom is -0.496 e. The Kier molecular flexibility index (Phi) is 4.52. The predicted octanol–water partition coefficient (Wildman–Crippen LogP) is 3.38. The number of fused-ring (bicyclic) bond motifs is 2. The molecule has 2 amide bonds. The zero-order valence-electron chi connectivity index (χ0n) is 15.6. The maximum atomic E-state index is 13.5. The van der Waals surface area contributed by atoms with E-state index in [0.29, 0.717) is 16.5 Å². The summed E-state index contributed by atoms with van der Waals surface area (Å²) in [7, 11) is 1.54. The van der Waals surface area contributed by atoms with Crippen LogP contribution >= 0.6 is 23.1 Å². The number of hydrogen-bond acceptors (Lipinski definition) is 6. The van der Waals surface area contributed by atoms with E-state index in [0.717, 1.165) is 26.7 Å². The number of imide groups is 1. The number of carbonyl (C=O) groups is 2. The number of anilines is 1. The van der Waals surface area contributed by atoms with Crippen LogP contribution in [-0.2, 0) is 9.59 Å². The first-order chi connectivity index (χ1) is 14.5. The Hall–Kier alpha value is -2.91. The number of benzene rings is 2. The number of aromatic amines is 1. The van der Waals surface area contributed by atoms with Gasteiger partial charge in [-0.15, -0.1) is 0 Å². The topological polar surface area (TPSA) is 79.5 Å². The summed E-state index contributed by atoms with van der Waals surface area (Å²) in [5, 5.41) is -0.0977. The highest BCUT2D eigenvalue weighted by molar-refractivity contribution is 8.00. The summed E-state index contributed by atoms with van der Waals surface area (Å²) in [4.78, 5) is 43.3. The number of halogens is 1. The first-order valence-electron chi connectivity index (χ1n) is 9.15. The molecule has 3 heterocycles. The van der Waals surface area contributed by atoms with E-state index in [4.69, 9.17) is 4.74 Å². The summed E-state index contributed by atoms with van der Waals surface area (Å²) in [5.41, 5.74) is 1.07. The lowest BCUT2D eigenvalue weighted by atomic mass is 9.82. The molecular weight excluding hydrogens is 427 g/mol. The smallest absolute Gasteiger partial charge is 0.305 e. The fourth-order valence-corrected chi connectivity index (χ4v) is 6.63. The number of nitrogens with one attached hydrogen (secondary N) is 1. The maximum absolute atomic E-state index is 13.5. The van der Waals surface area contributed by atoms with Crippen molar-refractivity contribution >= 4 is 40.6 Å². The third-order valence-electron chi connectivity index (χ3n) is 5.38. The SMILES string of the molecule is COc1ccccc1[C@@H]1c2sc(=O)[nH]c2S[C@H]2C(=O)N(c3ccc(F)cc3)C(=O)[C@@H]12. The number of methoxy groups -OCH3 is 1. The van der Waals surface area contributed by atoms with Crippen LogP contribution in [-0.4, -0.2) is 29.2 Å². The summed E-state index contributed by atoms with van der Waals surface area (Å²) < 4.78 is 18.9. The first-order valence-corrected chi connectivity index (χ1v) is 10.8. The molecule has 2 aliphatic heterocycles. The van der Waals surface area contributed by atoms with Crippen LogP contribution in [0.2, 0.25) is 0 Å². The van der Waals surface area contributed by atoms with Gasteiger partial charge in [0.2, 0.25) is 11.8 Å². The molecular formula is C21H15FN2O4S2. The van der Waals surface area contributed by atoms with Gasteiger partial charge in [0, 0.05) is 16.4 Å². The summed E-state index contributed by atoms with van der Waals surface area (Å²) >= 11 is 2.25. The highest BCUT2D eigenvalue weighted by Crippen LogP contribution is 2.54. The molecule has 0 saturated carbocycles. The second kappa shape index (κ2) is 7.10. The van der Waals surface area contributed by atoms with Gasteiger partial charge in [-0.1, -0.05) is 41.3 Å². The number of hydrogen-bond donors (Lipinski definition) is 1. The number of amides is 2.